The van der Waals surface area contributed by atoms with Crippen molar-refractivity contribution in [3.05, 3.63) is 35.4 Å². The van der Waals surface area contributed by atoms with E-state index in [1.54, 1.807) is 0 Å². The Bertz CT molecular complexity index is 328. The summed E-state index contributed by atoms with van der Waals surface area (Å²) < 4.78 is 0. The second-order valence-electron chi connectivity index (χ2n) is 4.94. The van der Waals surface area contributed by atoms with Crippen LogP contribution in [-0.4, -0.2) is 13.1 Å². The van der Waals surface area contributed by atoms with E-state index in [4.69, 9.17) is 0 Å². The summed E-state index contributed by atoms with van der Waals surface area (Å²) in [6.45, 7) is 2.22. The van der Waals surface area contributed by atoms with Gasteiger partial charge >= 0.3 is 0 Å². The molecule has 1 aliphatic rings. The van der Waals surface area contributed by atoms with Crippen molar-refractivity contribution >= 4 is 0 Å². The lowest BCUT2D eigenvalue weighted by Gasteiger charge is -2.15. The van der Waals surface area contributed by atoms with Crippen molar-refractivity contribution < 1.29 is 0 Å². The lowest BCUT2D eigenvalue weighted by molar-refractivity contribution is 0.470. The van der Waals surface area contributed by atoms with Crippen molar-refractivity contribution in [3.63, 3.8) is 0 Å². The summed E-state index contributed by atoms with van der Waals surface area (Å²) in [6, 6.07) is 9.78. The number of nitrogens with one attached hydrogen (secondary N) is 1. The van der Waals surface area contributed by atoms with Crippen LogP contribution in [0.4, 0.5) is 0 Å². The minimum Gasteiger partial charge on any atom is -0.317 e. The average Bonchev–Trinajstić information content (AvgIpc) is 3.15. The highest BCUT2D eigenvalue weighted by Crippen LogP contribution is 2.34. The summed E-state index contributed by atoms with van der Waals surface area (Å²) in [4.78, 5) is 0. The molecule has 1 heteroatoms. The molecule has 0 aromatic heterocycles. The molecular formula is C15H23N. The van der Waals surface area contributed by atoms with E-state index in [9.17, 15) is 0 Å². The molecule has 1 unspecified atom stereocenters. The van der Waals surface area contributed by atoms with Crippen LogP contribution in [0.15, 0.2) is 24.3 Å². The second kappa shape index (κ2) is 5.49. The zero-order valence-corrected chi connectivity index (χ0v) is 10.5. The smallest absolute Gasteiger partial charge is 0.00954 e. The Morgan fingerprint density at radius 2 is 2.06 bits per heavy atom. The Hall–Kier alpha value is -0.820. The van der Waals surface area contributed by atoms with Crippen LogP contribution in [0, 0.1) is 5.92 Å². The van der Waals surface area contributed by atoms with Crippen LogP contribution < -0.4 is 5.32 Å². The van der Waals surface area contributed by atoms with Gasteiger partial charge in [-0.25, -0.2) is 0 Å². The maximum absolute atomic E-state index is 3.46. The fourth-order valence-electron chi connectivity index (χ4n) is 2.44. The first kappa shape index (κ1) is 11.7. The molecule has 0 radical (unpaired) electrons. The van der Waals surface area contributed by atoms with Gasteiger partial charge in [0.15, 0.2) is 0 Å². The Balaban J connectivity index is 1.87. The fraction of sp³-hybridized carbons (Fsp3) is 0.600. The Labute approximate surface area is 99.3 Å². The predicted octanol–water partition coefficient (Wildman–Crippen LogP) is 3.18. The van der Waals surface area contributed by atoms with E-state index in [1.807, 2.05) is 0 Å². The molecule has 88 valence electrons. The number of benzene rings is 1. The van der Waals surface area contributed by atoms with Crippen LogP contribution in [0.25, 0.3) is 0 Å². The maximum atomic E-state index is 3.46. The van der Waals surface area contributed by atoms with Crippen LogP contribution in [0.2, 0.25) is 0 Å². The van der Waals surface area contributed by atoms with E-state index >= 15 is 0 Å². The minimum absolute atomic E-state index is 0.741. The minimum atomic E-state index is 0.741. The summed E-state index contributed by atoms with van der Waals surface area (Å²) in [6.07, 6.45) is 6.51. The summed E-state index contributed by atoms with van der Waals surface area (Å²) in [5, 5.41) is 3.46. The number of hydrogen-bond acceptors (Lipinski definition) is 1. The molecule has 1 N–H and O–H groups in total. The van der Waals surface area contributed by atoms with E-state index in [2.05, 4.69) is 43.6 Å². The zero-order valence-electron chi connectivity index (χ0n) is 10.5. The molecule has 16 heavy (non-hydrogen) atoms. The summed E-state index contributed by atoms with van der Waals surface area (Å²) >= 11 is 0. The molecule has 0 heterocycles. The van der Waals surface area contributed by atoms with E-state index in [-0.39, 0.29) is 0 Å². The summed E-state index contributed by atoms with van der Waals surface area (Å²) in [5.74, 6) is 0.958. The van der Waals surface area contributed by atoms with Crippen LogP contribution in [0.1, 0.15) is 37.3 Å². The molecule has 1 aromatic carbocycles. The predicted molar refractivity (Wildman–Crippen MR) is 69.7 cm³/mol. The van der Waals surface area contributed by atoms with Crippen LogP contribution in [0.3, 0.4) is 0 Å². The van der Waals surface area contributed by atoms with Gasteiger partial charge in [-0.2, -0.15) is 0 Å². The lowest BCUT2D eigenvalue weighted by Crippen LogP contribution is -2.27. The van der Waals surface area contributed by atoms with Crippen molar-refractivity contribution in [2.45, 2.75) is 45.1 Å². The molecule has 1 nitrogen and oxygen atoms in total. The molecule has 1 fully saturated rings. The number of aryl methyl sites for hydroxylation is 2. The van der Waals surface area contributed by atoms with E-state index in [0.29, 0.717) is 0 Å². The van der Waals surface area contributed by atoms with E-state index in [0.717, 1.165) is 18.4 Å². The van der Waals surface area contributed by atoms with Crippen LogP contribution >= 0.6 is 0 Å². The highest BCUT2D eigenvalue weighted by Gasteiger charge is 2.29. The Kier molecular flexibility index (Phi) is 4.00. The van der Waals surface area contributed by atoms with Gasteiger partial charge in [0.25, 0.3) is 0 Å². The average molecular weight is 217 g/mol. The molecule has 0 saturated heterocycles. The van der Waals surface area contributed by atoms with Gasteiger partial charge in [0, 0.05) is 6.04 Å². The fourth-order valence-corrected chi connectivity index (χ4v) is 2.44. The summed E-state index contributed by atoms with van der Waals surface area (Å²) in [5.41, 5.74) is 2.96. The topological polar surface area (TPSA) is 12.0 Å². The van der Waals surface area contributed by atoms with Crippen molar-refractivity contribution in [1.29, 1.82) is 0 Å². The SMILES string of the molecule is CCc1cccc(CCC(NC)C2CC2)c1. The Morgan fingerprint density at radius 1 is 1.31 bits per heavy atom. The molecule has 0 amide bonds. The molecule has 2 rings (SSSR count). The van der Waals surface area contributed by atoms with E-state index in [1.165, 1.54) is 36.8 Å². The van der Waals surface area contributed by atoms with Crippen LogP contribution in [0.5, 0.6) is 0 Å². The van der Waals surface area contributed by atoms with Gasteiger partial charge in [-0.1, -0.05) is 31.2 Å². The van der Waals surface area contributed by atoms with Gasteiger partial charge in [-0.3, -0.25) is 0 Å². The maximum Gasteiger partial charge on any atom is 0.00954 e. The first-order valence-corrected chi connectivity index (χ1v) is 6.58. The molecular weight excluding hydrogens is 194 g/mol. The van der Waals surface area contributed by atoms with Crippen molar-refractivity contribution in [2.24, 2.45) is 5.92 Å². The molecule has 1 saturated carbocycles. The third-order valence-electron chi connectivity index (χ3n) is 3.71. The molecule has 0 bridgehead atoms. The molecule has 0 aliphatic heterocycles. The van der Waals surface area contributed by atoms with Gasteiger partial charge in [-0.15, -0.1) is 0 Å². The van der Waals surface area contributed by atoms with Crippen molar-refractivity contribution in [3.8, 4) is 0 Å². The van der Waals surface area contributed by atoms with Crippen LogP contribution in [-0.2, 0) is 12.8 Å². The normalized spacial score (nSPS) is 17.4. The first-order chi connectivity index (χ1) is 7.83. The lowest BCUT2D eigenvalue weighted by atomic mass is 10.00. The quantitative estimate of drug-likeness (QED) is 0.771. The highest BCUT2D eigenvalue weighted by atomic mass is 14.9. The monoisotopic (exact) mass is 217 g/mol. The third kappa shape index (κ3) is 3.08. The third-order valence-corrected chi connectivity index (χ3v) is 3.71. The standard InChI is InChI=1S/C15H23N/c1-3-12-5-4-6-13(11-12)7-10-15(16-2)14-8-9-14/h4-6,11,14-16H,3,7-10H2,1-2H3. The number of hydrogen-bond donors (Lipinski definition) is 1. The zero-order chi connectivity index (χ0) is 11.4. The molecule has 1 aromatic rings. The largest absolute Gasteiger partial charge is 0.317 e. The van der Waals surface area contributed by atoms with Gasteiger partial charge in [0.1, 0.15) is 0 Å². The number of rotatable bonds is 6. The van der Waals surface area contributed by atoms with Crippen molar-refractivity contribution in [2.75, 3.05) is 7.05 Å². The molecule has 1 aliphatic carbocycles. The first-order valence-electron chi connectivity index (χ1n) is 6.58. The van der Waals surface area contributed by atoms with Crippen molar-refractivity contribution in [1.82, 2.24) is 5.32 Å². The molecule has 0 spiro atoms. The van der Waals surface area contributed by atoms with Gasteiger partial charge in [0.2, 0.25) is 0 Å². The molecule has 1 atom stereocenters. The second-order valence-corrected chi connectivity index (χ2v) is 4.94. The van der Waals surface area contributed by atoms with Gasteiger partial charge in [-0.05, 0) is 56.2 Å². The van der Waals surface area contributed by atoms with Gasteiger partial charge in [0.05, 0.1) is 0 Å². The van der Waals surface area contributed by atoms with E-state index < -0.39 is 0 Å². The van der Waals surface area contributed by atoms with Gasteiger partial charge < -0.3 is 5.32 Å². The summed E-state index contributed by atoms with van der Waals surface area (Å²) in [7, 11) is 2.10. The highest BCUT2D eigenvalue weighted by molar-refractivity contribution is 5.23. The Morgan fingerprint density at radius 3 is 2.69 bits per heavy atom.